The molecular formula is C16H29F3N2. The Morgan fingerprint density at radius 3 is 2.24 bits per heavy atom. The van der Waals surface area contributed by atoms with Gasteiger partial charge in [-0.1, -0.05) is 27.2 Å². The van der Waals surface area contributed by atoms with E-state index in [1.165, 1.54) is 19.3 Å². The molecule has 0 aromatic carbocycles. The average molecular weight is 306 g/mol. The van der Waals surface area contributed by atoms with Crippen LogP contribution < -0.4 is 5.32 Å². The van der Waals surface area contributed by atoms with Crippen LogP contribution in [0.25, 0.3) is 0 Å². The van der Waals surface area contributed by atoms with Crippen molar-refractivity contribution in [2.45, 2.75) is 71.1 Å². The number of nitrogens with one attached hydrogen (secondary N) is 1. The molecule has 1 heterocycles. The zero-order valence-corrected chi connectivity index (χ0v) is 13.5. The van der Waals surface area contributed by atoms with Gasteiger partial charge in [0.25, 0.3) is 0 Å². The molecule has 1 aliphatic heterocycles. The first-order valence-electron chi connectivity index (χ1n) is 8.16. The van der Waals surface area contributed by atoms with Gasteiger partial charge in [-0.2, -0.15) is 13.2 Å². The van der Waals surface area contributed by atoms with Crippen molar-refractivity contribution in [3.8, 4) is 0 Å². The second kappa shape index (κ2) is 6.45. The summed E-state index contributed by atoms with van der Waals surface area (Å²) in [6, 6.07) is 0.594. The first kappa shape index (κ1) is 17.1. The van der Waals surface area contributed by atoms with Gasteiger partial charge in [-0.25, -0.2) is 0 Å². The molecule has 2 atom stereocenters. The lowest BCUT2D eigenvalue weighted by molar-refractivity contribution is -0.127. The minimum absolute atomic E-state index is 0.0201. The monoisotopic (exact) mass is 306 g/mol. The van der Waals surface area contributed by atoms with Crippen LogP contribution in [-0.2, 0) is 0 Å². The van der Waals surface area contributed by atoms with Gasteiger partial charge in [0.1, 0.15) is 0 Å². The van der Waals surface area contributed by atoms with Gasteiger partial charge in [-0.05, 0) is 37.0 Å². The molecule has 0 amide bonds. The normalized spacial score (nSPS) is 29.4. The molecule has 2 unspecified atom stereocenters. The van der Waals surface area contributed by atoms with E-state index >= 15 is 0 Å². The Labute approximate surface area is 126 Å². The summed E-state index contributed by atoms with van der Waals surface area (Å²) in [4.78, 5) is 2.44. The van der Waals surface area contributed by atoms with Crippen molar-refractivity contribution >= 4 is 0 Å². The van der Waals surface area contributed by atoms with Gasteiger partial charge in [0, 0.05) is 25.2 Å². The van der Waals surface area contributed by atoms with Crippen molar-refractivity contribution in [3.05, 3.63) is 0 Å². The zero-order chi connectivity index (χ0) is 15.7. The summed E-state index contributed by atoms with van der Waals surface area (Å²) >= 11 is 0. The maximum Gasteiger partial charge on any atom is 0.401 e. The van der Waals surface area contributed by atoms with E-state index in [1.54, 1.807) is 0 Å². The van der Waals surface area contributed by atoms with Crippen LogP contribution in [-0.4, -0.2) is 42.8 Å². The Hall–Kier alpha value is -0.290. The Bertz CT molecular complexity index is 331. The topological polar surface area (TPSA) is 15.3 Å². The minimum atomic E-state index is -4.11. The third-order valence-corrected chi connectivity index (χ3v) is 4.65. The molecule has 2 nitrogen and oxygen atoms in total. The summed E-state index contributed by atoms with van der Waals surface area (Å²) in [5.41, 5.74) is 0.238. The minimum Gasteiger partial charge on any atom is -0.305 e. The second-order valence-corrected chi connectivity index (χ2v) is 8.10. The molecule has 2 aliphatic rings. The quantitative estimate of drug-likeness (QED) is 0.849. The van der Waals surface area contributed by atoms with E-state index in [4.69, 9.17) is 0 Å². The summed E-state index contributed by atoms with van der Waals surface area (Å²) in [7, 11) is 0. The molecule has 0 radical (unpaired) electrons. The number of hydrogen-bond donors (Lipinski definition) is 1. The van der Waals surface area contributed by atoms with Gasteiger partial charge in [-0.3, -0.25) is 4.90 Å². The molecule has 0 aromatic heterocycles. The molecule has 0 spiro atoms. The molecule has 1 N–H and O–H groups in total. The summed E-state index contributed by atoms with van der Waals surface area (Å²) in [6.45, 7) is 7.63. The maximum atomic E-state index is 12.4. The highest BCUT2D eigenvalue weighted by Gasteiger charge is 2.36. The molecule has 1 saturated heterocycles. The Morgan fingerprint density at radius 2 is 1.76 bits per heavy atom. The summed E-state index contributed by atoms with van der Waals surface area (Å²) < 4.78 is 37.3. The van der Waals surface area contributed by atoms with Gasteiger partial charge in [0.05, 0.1) is 6.54 Å². The molecule has 0 aromatic rings. The van der Waals surface area contributed by atoms with Crippen LogP contribution in [0.5, 0.6) is 0 Å². The summed E-state index contributed by atoms with van der Waals surface area (Å²) in [6.07, 6.45) is 1.55. The lowest BCUT2D eigenvalue weighted by Gasteiger charge is -2.46. The molecule has 21 heavy (non-hydrogen) atoms. The van der Waals surface area contributed by atoms with Gasteiger partial charge >= 0.3 is 6.18 Å². The number of rotatable bonds is 4. The Kier molecular flexibility index (Phi) is 5.24. The van der Waals surface area contributed by atoms with Crippen molar-refractivity contribution in [1.82, 2.24) is 10.2 Å². The highest BCUT2D eigenvalue weighted by atomic mass is 19.4. The summed E-state index contributed by atoms with van der Waals surface area (Å²) in [5, 5.41) is 2.74. The van der Waals surface area contributed by atoms with E-state index in [9.17, 15) is 13.2 Å². The largest absolute Gasteiger partial charge is 0.401 e. The smallest absolute Gasteiger partial charge is 0.305 e. The number of piperidine rings is 1. The predicted octanol–water partition coefficient (Wildman–Crippen LogP) is 3.82. The van der Waals surface area contributed by atoms with E-state index in [0.717, 1.165) is 25.9 Å². The Balaban J connectivity index is 1.92. The Morgan fingerprint density at radius 1 is 1.10 bits per heavy atom. The predicted molar refractivity (Wildman–Crippen MR) is 79.2 cm³/mol. The molecule has 0 bridgehead atoms. The van der Waals surface area contributed by atoms with Crippen LogP contribution in [0.2, 0.25) is 0 Å². The summed E-state index contributed by atoms with van der Waals surface area (Å²) in [5.74, 6) is 0.505. The molecule has 124 valence electrons. The van der Waals surface area contributed by atoms with Gasteiger partial charge in [0.15, 0.2) is 0 Å². The highest BCUT2D eigenvalue weighted by molar-refractivity contribution is 4.91. The first-order chi connectivity index (χ1) is 9.62. The molecule has 1 aliphatic carbocycles. The average Bonchev–Trinajstić information content (AvgIpc) is 2.20. The van der Waals surface area contributed by atoms with Crippen LogP contribution in [0, 0.1) is 11.3 Å². The molecular weight excluding hydrogens is 277 g/mol. The van der Waals surface area contributed by atoms with Crippen LogP contribution in [0.3, 0.4) is 0 Å². The van der Waals surface area contributed by atoms with E-state index in [2.05, 4.69) is 31.0 Å². The third-order valence-electron chi connectivity index (χ3n) is 4.65. The SMILES string of the molecule is CC(C)(C)CC1CC(NCC(F)(F)F)CN(C2CCC2)C1. The van der Waals surface area contributed by atoms with E-state index in [-0.39, 0.29) is 11.5 Å². The van der Waals surface area contributed by atoms with Crippen molar-refractivity contribution in [2.24, 2.45) is 11.3 Å². The highest BCUT2D eigenvalue weighted by Crippen LogP contribution is 2.34. The van der Waals surface area contributed by atoms with Gasteiger partial charge in [0.2, 0.25) is 0 Å². The van der Waals surface area contributed by atoms with Crippen LogP contribution >= 0.6 is 0 Å². The number of alkyl halides is 3. The fourth-order valence-electron chi connectivity index (χ4n) is 3.71. The van der Waals surface area contributed by atoms with Crippen molar-refractivity contribution in [1.29, 1.82) is 0 Å². The first-order valence-corrected chi connectivity index (χ1v) is 8.16. The molecule has 1 saturated carbocycles. The van der Waals surface area contributed by atoms with Crippen molar-refractivity contribution in [2.75, 3.05) is 19.6 Å². The fraction of sp³-hybridized carbons (Fsp3) is 1.00. The number of halogens is 3. The van der Waals surface area contributed by atoms with Crippen molar-refractivity contribution < 1.29 is 13.2 Å². The van der Waals surface area contributed by atoms with Crippen LogP contribution in [0.4, 0.5) is 13.2 Å². The fourth-order valence-corrected chi connectivity index (χ4v) is 3.71. The van der Waals surface area contributed by atoms with Crippen LogP contribution in [0.1, 0.15) is 52.9 Å². The third kappa shape index (κ3) is 5.78. The molecule has 2 fully saturated rings. The molecule has 5 heteroatoms. The lowest BCUT2D eigenvalue weighted by Crippen LogP contribution is -2.55. The van der Waals surface area contributed by atoms with Gasteiger partial charge < -0.3 is 5.32 Å². The van der Waals surface area contributed by atoms with E-state index < -0.39 is 12.7 Å². The maximum absolute atomic E-state index is 12.4. The second-order valence-electron chi connectivity index (χ2n) is 8.10. The van der Waals surface area contributed by atoms with Gasteiger partial charge in [-0.15, -0.1) is 0 Å². The standard InChI is InChI=1S/C16H29F3N2/c1-15(2,3)8-12-7-13(20-11-16(17,18)19)10-21(9-12)14-5-4-6-14/h12-14,20H,4-11H2,1-3H3. The zero-order valence-electron chi connectivity index (χ0n) is 13.5. The number of hydrogen-bond acceptors (Lipinski definition) is 2. The van der Waals surface area contributed by atoms with E-state index in [0.29, 0.717) is 12.0 Å². The molecule has 2 rings (SSSR count). The lowest BCUT2D eigenvalue weighted by atomic mass is 9.78. The van der Waals surface area contributed by atoms with Crippen LogP contribution in [0.15, 0.2) is 0 Å². The van der Waals surface area contributed by atoms with E-state index in [1.807, 2.05) is 0 Å². The number of likely N-dealkylation sites (tertiary alicyclic amines) is 1. The van der Waals surface area contributed by atoms with Crippen molar-refractivity contribution in [3.63, 3.8) is 0 Å². The number of nitrogens with zero attached hydrogens (tertiary/aromatic N) is 1.